The summed E-state index contributed by atoms with van der Waals surface area (Å²) in [6.07, 6.45) is 19.5. The maximum absolute atomic E-state index is 2.49. The average molecular weight is 356 g/mol. The second-order valence-electron chi connectivity index (χ2n) is 7.60. The third-order valence-corrected chi connectivity index (χ3v) is 5.26. The van der Waals surface area contributed by atoms with E-state index >= 15 is 0 Å². The van der Waals surface area contributed by atoms with Gasteiger partial charge in [0.15, 0.2) is 0 Å². The highest BCUT2D eigenvalue weighted by Gasteiger charge is 2.16. The Balaban J connectivity index is 1.74. The van der Waals surface area contributed by atoms with Crippen LogP contribution < -0.4 is 4.57 Å². The first-order valence-electron chi connectivity index (χ1n) is 11.0. The molecule has 0 atom stereocenters. The quantitative estimate of drug-likeness (QED) is 0.277. The molecule has 26 heavy (non-hydrogen) atoms. The van der Waals surface area contributed by atoms with E-state index in [-0.39, 0.29) is 0 Å². The molecule has 0 radical (unpaired) electrons. The van der Waals surface area contributed by atoms with Crippen LogP contribution in [0.25, 0.3) is 0 Å². The van der Waals surface area contributed by atoms with Gasteiger partial charge in [-0.2, -0.15) is 0 Å². The Morgan fingerprint density at radius 1 is 0.769 bits per heavy atom. The fourth-order valence-corrected chi connectivity index (χ4v) is 3.73. The third kappa shape index (κ3) is 7.35. The van der Waals surface area contributed by atoms with E-state index in [4.69, 9.17) is 0 Å². The van der Waals surface area contributed by atoms with Crippen molar-refractivity contribution in [2.45, 2.75) is 97.6 Å². The van der Waals surface area contributed by atoms with Crippen molar-refractivity contribution in [1.29, 1.82) is 0 Å². The van der Waals surface area contributed by atoms with Gasteiger partial charge in [-0.25, -0.2) is 9.13 Å². The number of hydrogen-bond donors (Lipinski definition) is 0. The van der Waals surface area contributed by atoms with Gasteiger partial charge in [-0.3, -0.25) is 0 Å². The van der Waals surface area contributed by atoms with Gasteiger partial charge in [0, 0.05) is 6.42 Å². The van der Waals surface area contributed by atoms with E-state index in [2.05, 4.69) is 65.7 Å². The molecule has 0 aliphatic heterocycles. The maximum atomic E-state index is 2.49. The minimum atomic E-state index is 0.987. The number of hydrogen-bond acceptors (Lipinski definition) is 0. The molecule has 0 fully saturated rings. The third-order valence-electron chi connectivity index (χ3n) is 5.26. The smallest absolute Gasteiger partial charge is 0.234 e. The lowest BCUT2D eigenvalue weighted by atomic mass is 10.1. The van der Waals surface area contributed by atoms with Gasteiger partial charge < -0.3 is 0 Å². The Morgan fingerprint density at radius 2 is 1.42 bits per heavy atom. The molecule has 2 aromatic rings. The second-order valence-corrected chi connectivity index (χ2v) is 7.60. The van der Waals surface area contributed by atoms with Crippen molar-refractivity contribution < 1.29 is 4.57 Å². The second kappa shape index (κ2) is 12.7. The fourth-order valence-electron chi connectivity index (χ4n) is 3.73. The lowest BCUT2D eigenvalue weighted by Gasteiger charge is -2.05. The lowest BCUT2D eigenvalue weighted by molar-refractivity contribution is -0.695. The van der Waals surface area contributed by atoms with Crippen LogP contribution >= 0.6 is 0 Å². The number of benzene rings is 1. The molecule has 2 rings (SSSR count). The van der Waals surface area contributed by atoms with Crippen LogP contribution in [0.4, 0.5) is 0 Å². The molecule has 0 N–H and O–H groups in total. The van der Waals surface area contributed by atoms with E-state index < -0.39 is 0 Å². The Labute approximate surface area is 161 Å². The molecule has 0 aliphatic carbocycles. The van der Waals surface area contributed by atoms with Gasteiger partial charge in [-0.15, -0.1) is 0 Å². The molecular formula is C24H39N2+. The fraction of sp³-hybridized carbons (Fsp3) is 0.625. The van der Waals surface area contributed by atoms with Gasteiger partial charge in [-0.05, 0) is 24.8 Å². The lowest BCUT2D eigenvalue weighted by Crippen LogP contribution is -2.37. The first-order chi connectivity index (χ1) is 12.8. The molecule has 1 aromatic carbocycles. The summed E-state index contributed by atoms with van der Waals surface area (Å²) in [6.45, 7) is 6.73. The summed E-state index contributed by atoms with van der Waals surface area (Å²) in [6, 6.07) is 10.8. The molecule has 0 saturated carbocycles. The number of unbranched alkanes of at least 4 members (excludes halogenated alkanes) is 8. The highest BCUT2D eigenvalue weighted by atomic mass is 15.1. The van der Waals surface area contributed by atoms with E-state index in [1.807, 2.05) is 0 Å². The zero-order valence-electron chi connectivity index (χ0n) is 17.1. The number of imidazole rings is 1. The van der Waals surface area contributed by atoms with E-state index in [1.165, 1.54) is 82.1 Å². The van der Waals surface area contributed by atoms with Gasteiger partial charge in [0.05, 0.1) is 6.54 Å². The SMILES string of the molecule is CCCCCCCCCCCn1cc[n+](Cc2ccccc2)c1CCC. The minimum Gasteiger partial charge on any atom is -0.234 e. The van der Waals surface area contributed by atoms with Crippen LogP contribution in [0.1, 0.15) is 89.4 Å². The zero-order chi connectivity index (χ0) is 18.5. The average Bonchev–Trinajstić information content (AvgIpc) is 3.03. The summed E-state index contributed by atoms with van der Waals surface area (Å²) in [5.74, 6) is 1.48. The van der Waals surface area contributed by atoms with Crippen molar-refractivity contribution in [3.63, 3.8) is 0 Å². The standard InChI is InChI=1S/C24H39N2/c1-3-5-6-7-8-9-10-11-15-19-25-20-21-26(24(25)16-4-2)22-23-17-13-12-14-18-23/h12-14,17-18,20-21H,3-11,15-16,19,22H2,1-2H3/q+1. The molecule has 1 aromatic heterocycles. The van der Waals surface area contributed by atoms with Gasteiger partial charge in [0.25, 0.3) is 5.82 Å². The van der Waals surface area contributed by atoms with E-state index in [1.54, 1.807) is 0 Å². The van der Waals surface area contributed by atoms with Crippen LogP contribution in [-0.2, 0) is 19.5 Å². The summed E-state index contributed by atoms with van der Waals surface area (Å²) < 4.78 is 4.93. The predicted molar refractivity (Wildman–Crippen MR) is 111 cm³/mol. The number of rotatable bonds is 14. The van der Waals surface area contributed by atoms with E-state index in [0.29, 0.717) is 0 Å². The highest BCUT2D eigenvalue weighted by Crippen LogP contribution is 2.11. The van der Waals surface area contributed by atoms with Crippen molar-refractivity contribution in [3.8, 4) is 0 Å². The van der Waals surface area contributed by atoms with Crippen molar-refractivity contribution in [2.75, 3.05) is 0 Å². The van der Waals surface area contributed by atoms with Gasteiger partial charge in [-0.1, -0.05) is 89.1 Å². The predicted octanol–water partition coefficient (Wildman–Crippen LogP) is 6.31. The molecule has 2 nitrogen and oxygen atoms in total. The molecule has 0 bridgehead atoms. The van der Waals surface area contributed by atoms with Crippen molar-refractivity contribution in [2.24, 2.45) is 0 Å². The molecule has 2 heteroatoms. The minimum absolute atomic E-state index is 0.987. The van der Waals surface area contributed by atoms with Crippen molar-refractivity contribution in [1.82, 2.24) is 4.57 Å². The monoisotopic (exact) mass is 355 g/mol. The molecule has 0 spiro atoms. The number of nitrogens with zero attached hydrogens (tertiary/aromatic N) is 2. The van der Waals surface area contributed by atoms with Crippen LogP contribution in [0, 0.1) is 0 Å². The molecule has 1 heterocycles. The maximum Gasteiger partial charge on any atom is 0.256 e. The first kappa shape index (κ1) is 20.7. The topological polar surface area (TPSA) is 8.81 Å². The number of aryl methyl sites for hydroxylation is 1. The summed E-state index contributed by atoms with van der Waals surface area (Å²) in [7, 11) is 0. The Morgan fingerprint density at radius 3 is 2.08 bits per heavy atom. The van der Waals surface area contributed by atoms with Crippen LogP contribution in [0.2, 0.25) is 0 Å². The molecule has 0 unspecified atom stereocenters. The molecular weight excluding hydrogens is 316 g/mol. The summed E-state index contributed by atoms with van der Waals surface area (Å²) >= 11 is 0. The summed E-state index contributed by atoms with van der Waals surface area (Å²) in [4.78, 5) is 0. The summed E-state index contributed by atoms with van der Waals surface area (Å²) in [5, 5.41) is 0. The molecule has 0 amide bonds. The van der Waals surface area contributed by atoms with Gasteiger partial charge in [0.2, 0.25) is 0 Å². The molecule has 144 valence electrons. The number of aromatic nitrogens is 2. The molecule has 0 saturated heterocycles. The van der Waals surface area contributed by atoms with Crippen molar-refractivity contribution in [3.05, 3.63) is 54.1 Å². The summed E-state index contributed by atoms with van der Waals surface area (Å²) in [5.41, 5.74) is 1.38. The molecule has 0 aliphatic rings. The normalized spacial score (nSPS) is 11.2. The first-order valence-corrected chi connectivity index (χ1v) is 11.0. The Hall–Kier alpha value is -1.57. The Bertz CT molecular complexity index is 586. The van der Waals surface area contributed by atoms with Gasteiger partial charge in [0.1, 0.15) is 18.9 Å². The van der Waals surface area contributed by atoms with E-state index in [9.17, 15) is 0 Å². The van der Waals surface area contributed by atoms with Crippen LogP contribution in [0.5, 0.6) is 0 Å². The van der Waals surface area contributed by atoms with Crippen LogP contribution in [0.3, 0.4) is 0 Å². The van der Waals surface area contributed by atoms with Crippen LogP contribution in [0.15, 0.2) is 42.7 Å². The van der Waals surface area contributed by atoms with E-state index in [0.717, 1.165) is 13.0 Å². The highest BCUT2D eigenvalue weighted by molar-refractivity contribution is 5.13. The Kier molecular flexibility index (Phi) is 10.2. The largest absolute Gasteiger partial charge is 0.256 e. The van der Waals surface area contributed by atoms with Crippen molar-refractivity contribution >= 4 is 0 Å². The van der Waals surface area contributed by atoms with Gasteiger partial charge >= 0.3 is 0 Å². The zero-order valence-corrected chi connectivity index (χ0v) is 17.1. The van der Waals surface area contributed by atoms with Crippen LogP contribution in [-0.4, -0.2) is 4.57 Å².